The molecule has 3 rings (SSSR count). The Morgan fingerprint density at radius 1 is 1.27 bits per heavy atom. The number of hydrogen-bond acceptors (Lipinski definition) is 4. The second-order valence-electron chi connectivity index (χ2n) is 6.66. The van der Waals surface area contributed by atoms with E-state index in [1.165, 1.54) is 0 Å². The first kappa shape index (κ1) is 15.9. The second-order valence-corrected chi connectivity index (χ2v) is 6.66. The van der Waals surface area contributed by atoms with Gasteiger partial charge in [-0.2, -0.15) is 0 Å². The van der Waals surface area contributed by atoms with Crippen LogP contribution in [0.25, 0.3) is 0 Å². The Labute approximate surface area is 132 Å². The number of hydrogen-bond donors (Lipinski definition) is 2. The lowest BCUT2D eigenvalue weighted by molar-refractivity contribution is -0.210. The number of aliphatic hydroxyl groups excluding tert-OH is 2. The number of β-amino-alcohol motifs (C(OH)–C–C–N with tert-alkyl or cyclic N) is 1. The molecule has 122 valence electrons. The third-order valence-corrected chi connectivity index (χ3v) is 5.51. The number of ether oxygens (including phenoxy) is 1. The molecule has 4 heteroatoms. The summed E-state index contributed by atoms with van der Waals surface area (Å²) in [6, 6.07) is 9.82. The summed E-state index contributed by atoms with van der Waals surface area (Å²) in [6.45, 7) is 5.24. The monoisotopic (exact) mass is 305 g/mol. The van der Waals surface area contributed by atoms with E-state index in [-0.39, 0.29) is 17.6 Å². The van der Waals surface area contributed by atoms with Gasteiger partial charge in [0.1, 0.15) is 0 Å². The number of benzene rings is 1. The first-order valence-corrected chi connectivity index (χ1v) is 8.41. The molecule has 0 aromatic heterocycles. The second kappa shape index (κ2) is 6.67. The first-order valence-electron chi connectivity index (χ1n) is 8.41. The number of rotatable bonds is 5. The molecule has 1 saturated carbocycles. The Morgan fingerprint density at radius 3 is 2.55 bits per heavy atom. The zero-order valence-corrected chi connectivity index (χ0v) is 13.3. The van der Waals surface area contributed by atoms with Crippen LogP contribution in [0.15, 0.2) is 30.3 Å². The van der Waals surface area contributed by atoms with Gasteiger partial charge in [0.2, 0.25) is 0 Å². The van der Waals surface area contributed by atoms with Crippen LogP contribution in [-0.4, -0.2) is 53.6 Å². The Bertz CT molecular complexity index is 468. The summed E-state index contributed by atoms with van der Waals surface area (Å²) in [4.78, 5) is 2.30. The summed E-state index contributed by atoms with van der Waals surface area (Å²) in [7, 11) is 0. The maximum absolute atomic E-state index is 10.3. The third kappa shape index (κ3) is 2.93. The lowest BCUT2D eigenvalue weighted by Crippen LogP contribution is -2.62. The van der Waals surface area contributed by atoms with Crippen LogP contribution in [0.1, 0.15) is 37.9 Å². The van der Waals surface area contributed by atoms with Crippen molar-refractivity contribution in [2.45, 2.75) is 44.5 Å². The van der Waals surface area contributed by atoms with Crippen LogP contribution in [0.2, 0.25) is 0 Å². The van der Waals surface area contributed by atoms with Crippen molar-refractivity contribution in [1.29, 1.82) is 0 Å². The highest BCUT2D eigenvalue weighted by Crippen LogP contribution is 2.51. The Balaban J connectivity index is 1.54. The number of likely N-dealkylation sites (tertiary alicyclic amines) is 1. The van der Waals surface area contributed by atoms with Crippen molar-refractivity contribution in [2.24, 2.45) is 5.41 Å². The fraction of sp³-hybridized carbons (Fsp3) is 0.667. The van der Waals surface area contributed by atoms with Crippen LogP contribution in [-0.2, 0) is 4.74 Å². The smallest absolute Gasteiger partial charge is 0.0916 e. The predicted octanol–water partition coefficient (Wildman–Crippen LogP) is 1.97. The fourth-order valence-electron chi connectivity index (χ4n) is 3.99. The van der Waals surface area contributed by atoms with E-state index in [0.29, 0.717) is 6.54 Å². The Morgan fingerprint density at radius 2 is 1.95 bits per heavy atom. The van der Waals surface area contributed by atoms with Gasteiger partial charge in [0.25, 0.3) is 0 Å². The van der Waals surface area contributed by atoms with Crippen molar-refractivity contribution >= 4 is 0 Å². The summed E-state index contributed by atoms with van der Waals surface area (Å²) in [5, 5.41) is 20.6. The van der Waals surface area contributed by atoms with Crippen LogP contribution in [0.5, 0.6) is 0 Å². The fourth-order valence-corrected chi connectivity index (χ4v) is 3.99. The van der Waals surface area contributed by atoms with Crippen molar-refractivity contribution in [2.75, 3.05) is 26.2 Å². The molecule has 1 aromatic carbocycles. The zero-order valence-electron chi connectivity index (χ0n) is 13.3. The van der Waals surface area contributed by atoms with Gasteiger partial charge in [-0.3, -0.25) is 0 Å². The molecule has 0 amide bonds. The van der Waals surface area contributed by atoms with Gasteiger partial charge in [-0.25, -0.2) is 0 Å². The van der Waals surface area contributed by atoms with E-state index in [0.717, 1.165) is 44.5 Å². The van der Waals surface area contributed by atoms with Gasteiger partial charge in [0, 0.05) is 25.0 Å². The highest BCUT2D eigenvalue weighted by Gasteiger charge is 2.55. The molecular formula is C18H27NO3. The molecular weight excluding hydrogens is 278 g/mol. The van der Waals surface area contributed by atoms with Gasteiger partial charge in [0.05, 0.1) is 18.3 Å². The minimum atomic E-state index is -0.441. The first-order chi connectivity index (χ1) is 10.7. The van der Waals surface area contributed by atoms with Crippen LogP contribution in [0.3, 0.4) is 0 Å². The molecule has 3 atom stereocenters. The summed E-state index contributed by atoms with van der Waals surface area (Å²) < 4.78 is 5.80. The van der Waals surface area contributed by atoms with Crippen molar-refractivity contribution < 1.29 is 14.9 Å². The van der Waals surface area contributed by atoms with Crippen LogP contribution in [0, 0.1) is 5.41 Å². The van der Waals surface area contributed by atoms with Crippen molar-refractivity contribution in [1.82, 2.24) is 4.90 Å². The van der Waals surface area contributed by atoms with Gasteiger partial charge in [0.15, 0.2) is 0 Å². The molecule has 2 N–H and O–H groups in total. The molecule has 0 radical (unpaired) electrons. The maximum atomic E-state index is 10.3. The summed E-state index contributed by atoms with van der Waals surface area (Å²) >= 11 is 0. The molecule has 1 aliphatic carbocycles. The summed E-state index contributed by atoms with van der Waals surface area (Å²) in [6.07, 6.45) is 2.25. The Kier molecular flexibility index (Phi) is 4.83. The molecule has 0 bridgehead atoms. The van der Waals surface area contributed by atoms with E-state index in [4.69, 9.17) is 4.74 Å². The summed E-state index contributed by atoms with van der Waals surface area (Å²) in [5.41, 5.74) is 0.933. The van der Waals surface area contributed by atoms with E-state index in [1.807, 2.05) is 37.3 Å². The van der Waals surface area contributed by atoms with E-state index in [2.05, 4.69) is 4.90 Å². The highest BCUT2D eigenvalue weighted by molar-refractivity contribution is 5.17. The molecule has 1 spiro atoms. The number of piperidine rings is 1. The lowest BCUT2D eigenvalue weighted by Gasteiger charge is -2.56. The van der Waals surface area contributed by atoms with Crippen molar-refractivity contribution in [3.05, 3.63) is 35.9 Å². The van der Waals surface area contributed by atoms with Gasteiger partial charge in [-0.05, 0) is 38.4 Å². The highest BCUT2D eigenvalue weighted by atomic mass is 16.5. The standard InChI is InChI=1S/C18H27NO3/c1-2-22-17-12-16(21)18(17)8-10-19(11-9-18)13-15(20)14-6-4-3-5-7-14/h3-7,15-17,20-21H,2,8-13H2,1H3/t15-,16-,17+/m1/s1. The average molecular weight is 305 g/mol. The lowest BCUT2D eigenvalue weighted by atomic mass is 9.58. The molecule has 22 heavy (non-hydrogen) atoms. The molecule has 1 heterocycles. The quantitative estimate of drug-likeness (QED) is 0.873. The van der Waals surface area contributed by atoms with E-state index in [9.17, 15) is 10.2 Å². The molecule has 2 fully saturated rings. The van der Waals surface area contributed by atoms with Crippen LogP contribution >= 0.6 is 0 Å². The third-order valence-electron chi connectivity index (χ3n) is 5.51. The van der Waals surface area contributed by atoms with Crippen molar-refractivity contribution in [3.8, 4) is 0 Å². The molecule has 4 nitrogen and oxygen atoms in total. The number of aliphatic hydroxyl groups is 2. The Hall–Kier alpha value is -0.940. The van der Waals surface area contributed by atoms with Crippen LogP contribution in [0.4, 0.5) is 0 Å². The van der Waals surface area contributed by atoms with E-state index in [1.54, 1.807) is 0 Å². The van der Waals surface area contributed by atoms with Gasteiger partial charge >= 0.3 is 0 Å². The number of nitrogens with zero attached hydrogens (tertiary/aromatic N) is 1. The minimum Gasteiger partial charge on any atom is -0.392 e. The molecule has 1 saturated heterocycles. The SMILES string of the molecule is CCO[C@H]1C[C@@H](O)C12CCN(C[C@@H](O)c1ccccc1)CC2. The van der Waals surface area contributed by atoms with Gasteiger partial charge in [-0.1, -0.05) is 30.3 Å². The van der Waals surface area contributed by atoms with E-state index < -0.39 is 6.10 Å². The normalized spacial score (nSPS) is 29.2. The molecule has 1 aliphatic heterocycles. The minimum absolute atomic E-state index is 0.0375. The summed E-state index contributed by atoms with van der Waals surface area (Å²) in [5.74, 6) is 0. The molecule has 1 aromatic rings. The van der Waals surface area contributed by atoms with E-state index >= 15 is 0 Å². The zero-order chi connectivity index (χ0) is 15.6. The van der Waals surface area contributed by atoms with Gasteiger partial charge < -0.3 is 19.8 Å². The maximum Gasteiger partial charge on any atom is 0.0916 e. The largest absolute Gasteiger partial charge is 0.392 e. The molecule has 0 unspecified atom stereocenters. The topological polar surface area (TPSA) is 52.9 Å². The van der Waals surface area contributed by atoms with Crippen LogP contribution < -0.4 is 0 Å². The average Bonchev–Trinajstić information content (AvgIpc) is 2.56. The predicted molar refractivity (Wildman–Crippen MR) is 85.5 cm³/mol. The molecule has 2 aliphatic rings. The van der Waals surface area contributed by atoms with Gasteiger partial charge in [-0.15, -0.1) is 0 Å². The van der Waals surface area contributed by atoms with Crippen molar-refractivity contribution in [3.63, 3.8) is 0 Å².